The number of hydrogen-bond acceptors (Lipinski definition) is 11. The second kappa shape index (κ2) is 11.2. The number of thiazole rings is 2. The Kier molecular flexibility index (Phi) is 7.35. The summed E-state index contributed by atoms with van der Waals surface area (Å²) in [6.07, 6.45) is 6.41. The number of rotatable bonds is 7. The second-order valence-corrected chi connectivity index (χ2v) is 9.45. The molecule has 0 saturated carbocycles. The van der Waals surface area contributed by atoms with Crippen LogP contribution in [-0.2, 0) is 0 Å². The van der Waals surface area contributed by atoms with Gasteiger partial charge in [-0.3, -0.25) is 20.5 Å². The van der Waals surface area contributed by atoms with Crippen molar-refractivity contribution in [2.24, 2.45) is 5.84 Å². The maximum Gasteiger partial charge on any atom is 0.320 e. The average Bonchev–Trinajstić information content (AvgIpc) is 3.62. The van der Waals surface area contributed by atoms with Gasteiger partial charge < -0.3 is 5.32 Å². The zero-order valence-corrected chi connectivity index (χ0v) is 21.5. The SMILES string of the molecule is CCNC(=O)Nc1cc(-c2nc(-c3ccccn3)cs2)c(-c2nc(-c3ncccn3)c(C(=O)NN)s2)cn1. The number of hydrogen-bond donors (Lipinski definition) is 4. The number of hydrazine groups is 1. The summed E-state index contributed by atoms with van der Waals surface area (Å²) in [5, 5.41) is 8.44. The fraction of sp³-hybridized carbons (Fsp3) is 0.0833. The summed E-state index contributed by atoms with van der Waals surface area (Å²) in [5.41, 5.74) is 5.14. The minimum absolute atomic E-state index is 0.248. The van der Waals surface area contributed by atoms with Gasteiger partial charge in [-0.1, -0.05) is 6.07 Å². The summed E-state index contributed by atoms with van der Waals surface area (Å²) >= 11 is 2.53. The Balaban J connectivity index is 1.64. The predicted molar refractivity (Wildman–Crippen MR) is 145 cm³/mol. The summed E-state index contributed by atoms with van der Waals surface area (Å²) in [6.45, 7) is 2.29. The molecule has 0 aliphatic rings. The molecule has 12 nitrogen and oxygen atoms in total. The van der Waals surface area contributed by atoms with Crippen LogP contribution in [0.1, 0.15) is 16.6 Å². The highest BCUT2D eigenvalue weighted by Gasteiger charge is 2.24. The van der Waals surface area contributed by atoms with Crippen molar-refractivity contribution in [1.29, 1.82) is 0 Å². The van der Waals surface area contributed by atoms with Crippen LogP contribution in [0.4, 0.5) is 10.6 Å². The summed E-state index contributed by atoms with van der Waals surface area (Å²) < 4.78 is 0. The first-order chi connectivity index (χ1) is 18.6. The van der Waals surface area contributed by atoms with E-state index < -0.39 is 5.91 Å². The van der Waals surface area contributed by atoms with E-state index in [1.54, 1.807) is 36.9 Å². The van der Waals surface area contributed by atoms with E-state index in [0.29, 0.717) is 39.2 Å². The van der Waals surface area contributed by atoms with Gasteiger partial charge >= 0.3 is 6.03 Å². The Morgan fingerprint density at radius 2 is 1.76 bits per heavy atom. The third-order valence-corrected chi connectivity index (χ3v) is 7.08. The molecular weight excluding hydrogens is 524 g/mol. The Morgan fingerprint density at radius 3 is 2.50 bits per heavy atom. The molecule has 5 N–H and O–H groups in total. The number of nitrogens with zero attached hydrogens (tertiary/aromatic N) is 6. The number of nitrogen functional groups attached to an aromatic ring is 1. The Hall–Kier alpha value is -4.66. The molecule has 0 unspecified atom stereocenters. The van der Waals surface area contributed by atoms with E-state index in [9.17, 15) is 9.59 Å². The van der Waals surface area contributed by atoms with Crippen LogP contribution in [-0.4, -0.2) is 48.4 Å². The molecule has 0 radical (unpaired) electrons. The minimum Gasteiger partial charge on any atom is -0.338 e. The van der Waals surface area contributed by atoms with Crippen molar-refractivity contribution < 1.29 is 9.59 Å². The normalized spacial score (nSPS) is 10.7. The molecule has 0 atom stereocenters. The number of aromatic nitrogens is 6. The van der Waals surface area contributed by atoms with E-state index in [0.717, 1.165) is 17.0 Å². The summed E-state index contributed by atoms with van der Waals surface area (Å²) in [7, 11) is 0. The van der Waals surface area contributed by atoms with Crippen molar-refractivity contribution in [1.82, 2.24) is 40.6 Å². The lowest BCUT2D eigenvalue weighted by Gasteiger charge is -2.09. The first-order valence-corrected chi connectivity index (χ1v) is 13.0. The molecule has 0 aliphatic carbocycles. The standard InChI is InChI=1S/C24H20N10O2S2/c1-2-26-24(36)32-17-10-13(22-31-16(12-37-22)15-6-3-4-7-27-15)14(11-30-17)23-33-18(19(38-23)21(35)34-25)20-28-8-5-9-29-20/h3-12H,2,25H2,1H3,(H,34,35)(H2,26,30,32,36). The van der Waals surface area contributed by atoms with Crippen LogP contribution in [0.15, 0.2) is 60.5 Å². The van der Waals surface area contributed by atoms with E-state index >= 15 is 0 Å². The molecule has 5 heterocycles. The van der Waals surface area contributed by atoms with Gasteiger partial charge in [-0.15, -0.1) is 22.7 Å². The van der Waals surface area contributed by atoms with Crippen LogP contribution in [0.3, 0.4) is 0 Å². The van der Waals surface area contributed by atoms with Gasteiger partial charge in [-0.25, -0.2) is 35.6 Å². The van der Waals surface area contributed by atoms with Gasteiger partial charge in [0.1, 0.15) is 32.1 Å². The number of carbonyl (C=O) groups excluding carboxylic acids is 2. The van der Waals surface area contributed by atoms with Crippen molar-refractivity contribution in [2.45, 2.75) is 6.92 Å². The zero-order chi connectivity index (χ0) is 26.5. The zero-order valence-electron chi connectivity index (χ0n) is 19.9. The summed E-state index contributed by atoms with van der Waals surface area (Å²) in [6, 6.07) is 8.60. The maximum atomic E-state index is 12.6. The van der Waals surface area contributed by atoms with Gasteiger partial charge in [-0.05, 0) is 31.2 Å². The molecule has 0 bridgehead atoms. The molecule has 5 aromatic heterocycles. The van der Waals surface area contributed by atoms with Crippen LogP contribution in [0, 0.1) is 0 Å². The number of pyridine rings is 2. The smallest absolute Gasteiger partial charge is 0.320 e. The highest BCUT2D eigenvalue weighted by molar-refractivity contribution is 7.17. The molecule has 38 heavy (non-hydrogen) atoms. The van der Waals surface area contributed by atoms with Crippen molar-refractivity contribution in [3.8, 4) is 44.0 Å². The van der Waals surface area contributed by atoms with Gasteiger partial charge in [0.25, 0.3) is 5.91 Å². The van der Waals surface area contributed by atoms with Crippen molar-refractivity contribution in [3.63, 3.8) is 0 Å². The minimum atomic E-state index is -0.521. The van der Waals surface area contributed by atoms with E-state index in [4.69, 9.17) is 15.8 Å². The lowest BCUT2D eigenvalue weighted by Crippen LogP contribution is -2.29. The van der Waals surface area contributed by atoms with Crippen LogP contribution in [0.25, 0.3) is 44.0 Å². The van der Waals surface area contributed by atoms with Crippen molar-refractivity contribution in [3.05, 3.63) is 65.4 Å². The molecule has 5 aromatic rings. The predicted octanol–water partition coefficient (Wildman–Crippen LogP) is 3.59. The fourth-order valence-corrected chi connectivity index (χ4v) is 5.28. The van der Waals surface area contributed by atoms with Crippen molar-refractivity contribution in [2.75, 3.05) is 11.9 Å². The molecule has 14 heteroatoms. The van der Waals surface area contributed by atoms with Crippen molar-refractivity contribution >= 4 is 40.4 Å². The Labute approximate surface area is 224 Å². The van der Waals surface area contributed by atoms with Crippen LogP contribution in [0.5, 0.6) is 0 Å². The van der Waals surface area contributed by atoms with E-state index in [2.05, 4.69) is 36.0 Å². The Bertz CT molecular complexity index is 1590. The van der Waals surface area contributed by atoms with E-state index in [-0.39, 0.29) is 22.4 Å². The van der Waals surface area contributed by atoms with Gasteiger partial charge in [0, 0.05) is 47.8 Å². The number of nitrogens with two attached hydrogens (primary N) is 1. The van der Waals surface area contributed by atoms with Crippen LogP contribution >= 0.6 is 22.7 Å². The summed E-state index contributed by atoms with van der Waals surface area (Å²) in [4.78, 5) is 51.7. The lowest BCUT2D eigenvalue weighted by molar-refractivity contribution is 0.0958. The number of nitrogens with one attached hydrogen (secondary N) is 3. The molecule has 0 aromatic carbocycles. The molecular formula is C24H20N10O2S2. The van der Waals surface area contributed by atoms with E-state index in [1.807, 2.05) is 30.5 Å². The molecule has 5 rings (SSSR count). The molecule has 0 fully saturated rings. The van der Waals surface area contributed by atoms with Gasteiger partial charge in [-0.2, -0.15) is 0 Å². The van der Waals surface area contributed by atoms with Gasteiger partial charge in [0.05, 0.1) is 5.69 Å². The summed E-state index contributed by atoms with van der Waals surface area (Å²) in [5.74, 6) is 5.52. The highest BCUT2D eigenvalue weighted by atomic mass is 32.1. The number of carbonyl (C=O) groups is 2. The monoisotopic (exact) mass is 544 g/mol. The molecule has 0 aliphatic heterocycles. The molecule has 190 valence electrons. The fourth-order valence-electron chi connectivity index (χ4n) is 3.45. The van der Waals surface area contributed by atoms with E-state index in [1.165, 1.54) is 11.3 Å². The molecule has 0 spiro atoms. The number of anilines is 1. The first-order valence-electron chi connectivity index (χ1n) is 11.3. The highest BCUT2D eigenvalue weighted by Crippen LogP contribution is 2.40. The maximum absolute atomic E-state index is 12.6. The molecule has 3 amide bonds. The lowest BCUT2D eigenvalue weighted by atomic mass is 10.1. The second-order valence-electron chi connectivity index (χ2n) is 7.60. The van der Waals surface area contributed by atoms with Crippen LogP contribution in [0.2, 0.25) is 0 Å². The third-order valence-electron chi connectivity index (χ3n) is 5.12. The third kappa shape index (κ3) is 5.22. The number of amides is 3. The van der Waals surface area contributed by atoms with Crippen LogP contribution < -0.4 is 21.9 Å². The van der Waals surface area contributed by atoms with Gasteiger partial charge in [0.15, 0.2) is 5.82 Å². The average molecular weight is 545 g/mol. The molecule has 0 saturated heterocycles. The largest absolute Gasteiger partial charge is 0.338 e. The quantitative estimate of drug-likeness (QED) is 0.136. The number of urea groups is 1. The first kappa shape index (κ1) is 25.0. The van der Waals surface area contributed by atoms with Gasteiger partial charge in [0.2, 0.25) is 0 Å². The topological polar surface area (TPSA) is 174 Å². The Morgan fingerprint density at radius 1 is 0.947 bits per heavy atom.